The number of rotatable bonds is 2. The van der Waals surface area contributed by atoms with Crippen molar-refractivity contribution < 1.29 is 4.39 Å². The van der Waals surface area contributed by atoms with E-state index in [1.807, 2.05) is 6.07 Å². The zero-order valence-electron chi connectivity index (χ0n) is 8.79. The zero-order valence-corrected chi connectivity index (χ0v) is 9.54. The van der Waals surface area contributed by atoms with Gasteiger partial charge in [-0.15, -0.1) is 11.6 Å². The van der Waals surface area contributed by atoms with Gasteiger partial charge in [0.2, 0.25) is 0 Å². The van der Waals surface area contributed by atoms with Crippen LogP contribution in [0.1, 0.15) is 31.1 Å². The number of hydrogen-bond donors (Lipinski definition) is 0. The maximum Gasteiger partial charge on any atom is 0.151 e. The summed E-state index contributed by atoms with van der Waals surface area (Å²) < 4.78 is 15.7. The van der Waals surface area contributed by atoms with Crippen molar-refractivity contribution in [3.05, 3.63) is 29.8 Å². The van der Waals surface area contributed by atoms with Gasteiger partial charge in [0.15, 0.2) is 5.82 Å². The minimum Gasteiger partial charge on any atom is -0.324 e. The summed E-state index contributed by atoms with van der Waals surface area (Å²) in [5, 5.41) is 0. The third-order valence-electron chi connectivity index (χ3n) is 3.30. The number of fused-ring (bicyclic) bond motifs is 1. The van der Waals surface area contributed by atoms with E-state index in [1.54, 1.807) is 6.07 Å². The Morgan fingerprint density at radius 1 is 1.44 bits per heavy atom. The van der Waals surface area contributed by atoms with Crippen LogP contribution in [0.25, 0.3) is 11.0 Å². The average molecular weight is 239 g/mol. The zero-order chi connectivity index (χ0) is 11.1. The number of benzene rings is 1. The molecule has 0 aliphatic heterocycles. The average Bonchev–Trinajstić information content (AvgIpc) is 2.57. The molecule has 1 saturated carbocycles. The van der Waals surface area contributed by atoms with E-state index in [-0.39, 0.29) is 5.82 Å². The molecule has 0 bridgehead atoms. The lowest BCUT2D eigenvalue weighted by atomic mass is 9.92. The first-order chi connectivity index (χ1) is 7.81. The molecule has 1 aliphatic rings. The molecule has 0 saturated heterocycles. The van der Waals surface area contributed by atoms with Crippen LogP contribution in [0.4, 0.5) is 4.39 Å². The van der Waals surface area contributed by atoms with Gasteiger partial charge in [-0.1, -0.05) is 6.07 Å². The van der Waals surface area contributed by atoms with E-state index >= 15 is 0 Å². The van der Waals surface area contributed by atoms with Crippen molar-refractivity contribution in [1.82, 2.24) is 9.55 Å². The fourth-order valence-electron chi connectivity index (χ4n) is 2.28. The Hall–Kier alpha value is -1.09. The quantitative estimate of drug-likeness (QED) is 0.731. The van der Waals surface area contributed by atoms with Gasteiger partial charge in [-0.25, -0.2) is 9.37 Å². The minimum absolute atomic E-state index is 0.262. The fourth-order valence-corrected chi connectivity index (χ4v) is 2.47. The Morgan fingerprint density at radius 2 is 2.25 bits per heavy atom. The van der Waals surface area contributed by atoms with Crippen LogP contribution >= 0.6 is 11.6 Å². The van der Waals surface area contributed by atoms with Crippen LogP contribution in [-0.4, -0.2) is 9.55 Å². The fraction of sp³-hybridized carbons (Fsp3) is 0.417. The van der Waals surface area contributed by atoms with Gasteiger partial charge in [-0.2, -0.15) is 0 Å². The molecule has 1 aromatic heterocycles. The molecule has 0 N–H and O–H groups in total. The molecule has 1 aromatic carbocycles. The molecule has 84 valence electrons. The smallest absolute Gasteiger partial charge is 0.151 e. The van der Waals surface area contributed by atoms with E-state index in [2.05, 4.69) is 9.55 Å². The summed E-state index contributed by atoms with van der Waals surface area (Å²) in [7, 11) is 0. The van der Waals surface area contributed by atoms with Gasteiger partial charge in [0.25, 0.3) is 0 Å². The van der Waals surface area contributed by atoms with Crippen LogP contribution in [-0.2, 0) is 5.88 Å². The van der Waals surface area contributed by atoms with Gasteiger partial charge in [0.1, 0.15) is 11.3 Å². The van der Waals surface area contributed by atoms with Gasteiger partial charge in [0, 0.05) is 6.04 Å². The highest BCUT2D eigenvalue weighted by molar-refractivity contribution is 6.16. The van der Waals surface area contributed by atoms with Crippen LogP contribution in [0, 0.1) is 5.82 Å². The molecule has 0 amide bonds. The van der Waals surface area contributed by atoms with E-state index in [4.69, 9.17) is 11.6 Å². The lowest BCUT2D eigenvalue weighted by Gasteiger charge is -2.28. The Kier molecular flexibility index (Phi) is 2.36. The third kappa shape index (κ3) is 1.34. The highest BCUT2D eigenvalue weighted by atomic mass is 35.5. The van der Waals surface area contributed by atoms with Gasteiger partial charge < -0.3 is 4.57 Å². The molecule has 0 radical (unpaired) electrons. The van der Waals surface area contributed by atoms with Crippen molar-refractivity contribution in [3.63, 3.8) is 0 Å². The summed E-state index contributed by atoms with van der Waals surface area (Å²) >= 11 is 5.88. The highest BCUT2D eigenvalue weighted by Crippen LogP contribution is 2.36. The number of imidazole rings is 1. The largest absolute Gasteiger partial charge is 0.324 e. The molecule has 0 unspecified atom stereocenters. The molecule has 1 heterocycles. The second-order valence-electron chi connectivity index (χ2n) is 4.22. The third-order valence-corrected chi connectivity index (χ3v) is 3.54. The van der Waals surface area contributed by atoms with Gasteiger partial charge >= 0.3 is 0 Å². The number of aromatic nitrogens is 2. The van der Waals surface area contributed by atoms with Crippen LogP contribution in [0.3, 0.4) is 0 Å². The van der Waals surface area contributed by atoms with Crippen molar-refractivity contribution in [1.29, 1.82) is 0 Å². The Balaban J connectivity index is 2.26. The summed E-state index contributed by atoms with van der Waals surface area (Å²) in [6.45, 7) is 0. The lowest BCUT2D eigenvalue weighted by molar-refractivity contribution is 0.315. The molecule has 1 fully saturated rings. The number of alkyl halides is 1. The van der Waals surface area contributed by atoms with Crippen molar-refractivity contribution in [2.45, 2.75) is 31.2 Å². The SMILES string of the molecule is Fc1cccc2c1nc(CCl)n2C1CCC1. The lowest BCUT2D eigenvalue weighted by Crippen LogP contribution is -2.18. The monoisotopic (exact) mass is 238 g/mol. The van der Waals surface area contributed by atoms with Gasteiger partial charge in [0.05, 0.1) is 11.4 Å². The van der Waals surface area contributed by atoms with Crippen molar-refractivity contribution >= 4 is 22.6 Å². The Morgan fingerprint density at radius 3 is 2.88 bits per heavy atom. The maximum atomic E-state index is 13.6. The molecule has 0 spiro atoms. The molecule has 2 aromatic rings. The maximum absolute atomic E-state index is 13.6. The minimum atomic E-state index is -0.262. The molecule has 2 nitrogen and oxygen atoms in total. The van der Waals surface area contributed by atoms with Crippen LogP contribution in [0.15, 0.2) is 18.2 Å². The first-order valence-corrected chi connectivity index (χ1v) is 6.06. The molecular formula is C12H12ClFN2. The van der Waals surface area contributed by atoms with Crippen LogP contribution < -0.4 is 0 Å². The molecule has 3 rings (SSSR count). The van der Waals surface area contributed by atoms with E-state index in [1.165, 1.54) is 12.5 Å². The first-order valence-electron chi connectivity index (χ1n) is 5.52. The second-order valence-corrected chi connectivity index (χ2v) is 4.49. The number of nitrogens with zero attached hydrogens (tertiary/aromatic N) is 2. The highest BCUT2D eigenvalue weighted by Gasteiger charge is 2.24. The Bertz CT molecular complexity index is 531. The predicted molar refractivity (Wildman–Crippen MR) is 62.1 cm³/mol. The van der Waals surface area contributed by atoms with Gasteiger partial charge in [-0.05, 0) is 31.4 Å². The van der Waals surface area contributed by atoms with Crippen LogP contribution in [0.2, 0.25) is 0 Å². The number of para-hydroxylation sites is 1. The van der Waals surface area contributed by atoms with Crippen molar-refractivity contribution in [2.75, 3.05) is 0 Å². The molecule has 1 aliphatic carbocycles. The van der Waals surface area contributed by atoms with E-state index in [9.17, 15) is 4.39 Å². The summed E-state index contributed by atoms with van der Waals surface area (Å²) in [5.74, 6) is 0.860. The molecular weight excluding hydrogens is 227 g/mol. The number of hydrogen-bond acceptors (Lipinski definition) is 1. The van der Waals surface area contributed by atoms with E-state index in [0.29, 0.717) is 17.4 Å². The summed E-state index contributed by atoms with van der Waals surface area (Å²) in [6.07, 6.45) is 3.53. The Labute approximate surface area is 98.0 Å². The molecule has 0 atom stereocenters. The van der Waals surface area contributed by atoms with Crippen molar-refractivity contribution in [3.8, 4) is 0 Å². The summed E-state index contributed by atoms with van der Waals surface area (Å²) in [5.41, 5.74) is 1.32. The first kappa shape index (κ1) is 10.1. The summed E-state index contributed by atoms with van der Waals surface area (Å²) in [4.78, 5) is 4.29. The number of halogens is 2. The summed E-state index contributed by atoms with van der Waals surface area (Å²) in [6, 6.07) is 5.55. The van der Waals surface area contributed by atoms with Crippen LogP contribution in [0.5, 0.6) is 0 Å². The molecule has 16 heavy (non-hydrogen) atoms. The second kappa shape index (κ2) is 3.74. The molecule has 4 heteroatoms. The normalized spacial score (nSPS) is 16.6. The predicted octanol–water partition coefficient (Wildman–Crippen LogP) is 3.64. The van der Waals surface area contributed by atoms with Crippen molar-refractivity contribution in [2.24, 2.45) is 0 Å². The topological polar surface area (TPSA) is 17.8 Å². The van der Waals surface area contributed by atoms with Gasteiger partial charge in [-0.3, -0.25) is 0 Å². The van der Waals surface area contributed by atoms with E-state index in [0.717, 1.165) is 24.2 Å². The standard InChI is InChI=1S/C12H12ClFN2/c13-7-11-15-12-9(14)5-2-6-10(12)16(11)8-3-1-4-8/h2,5-6,8H,1,3-4,7H2. The van der Waals surface area contributed by atoms with E-state index < -0.39 is 0 Å².